The molecule has 2 aromatic carbocycles. The highest BCUT2D eigenvalue weighted by Crippen LogP contribution is 2.12. The van der Waals surface area contributed by atoms with Gasteiger partial charge >= 0.3 is 0 Å². The Morgan fingerprint density at radius 3 is 2.00 bits per heavy atom. The molecule has 2 N–H and O–H groups in total. The molecule has 2 aromatic rings. The Balaban J connectivity index is 2.02. The van der Waals surface area contributed by atoms with Gasteiger partial charge in [-0.2, -0.15) is 0 Å². The summed E-state index contributed by atoms with van der Waals surface area (Å²) in [6.07, 6.45) is 0.352. The molecule has 2 amide bonds. The highest BCUT2D eigenvalue weighted by molar-refractivity contribution is 5.93. The minimum atomic E-state index is -0.0293. The van der Waals surface area contributed by atoms with E-state index in [-0.39, 0.29) is 11.8 Å². The number of rotatable bonds is 6. The summed E-state index contributed by atoms with van der Waals surface area (Å²) in [5.74, 6) is 0.0408. The van der Waals surface area contributed by atoms with Crippen LogP contribution in [0.1, 0.15) is 28.4 Å². The van der Waals surface area contributed by atoms with E-state index in [0.29, 0.717) is 30.8 Å². The molecule has 132 valence electrons. The number of amides is 2. The molecule has 0 saturated heterocycles. The van der Waals surface area contributed by atoms with E-state index in [4.69, 9.17) is 5.73 Å². The van der Waals surface area contributed by atoms with Gasteiger partial charge in [0.2, 0.25) is 5.91 Å². The number of carbonyl (C=O) groups is 2. The molecule has 5 heteroatoms. The highest BCUT2D eigenvalue weighted by Gasteiger charge is 2.14. The highest BCUT2D eigenvalue weighted by atomic mass is 16.2. The average molecular weight is 339 g/mol. The van der Waals surface area contributed by atoms with Crippen molar-refractivity contribution in [3.8, 4) is 0 Å². The lowest BCUT2D eigenvalue weighted by molar-refractivity contribution is -0.130. The second-order valence-electron chi connectivity index (χ2n) is 6.22. The molecule has 0 radical (unpaired) electrons. The van der Waals surface area contributed by atoms with Crippen LogP contribution in [0.4, 0.5) is 5.69 Å². The molecule has 25 heavy (non-hydrogen) atoms. The monoisotopic (exact) mass is 339 g/mol. The maximum Gasteiger partial charge on any atom is 0.253 e. The smallest absolute Gasteiger partial charge is 0.253 e. The van der Waals surface area contributed by atoms with Gasteiger partial charge in [0.1, 0.15) is 0 Å². The number of hydrogen-bond donors (Lipinski definition) is 1. The number of nitrogens with two attached hydrogens (primary N) is 1. The summed E-state index contributed by atoms with van der Waals surface area (Å²) in [7, 11) is 3.45. The van der Waals surface area contributed by atoms with Gasteiger partial charge in [-0.3, -0.25) is 9.59 Å². The van der Waals surface area contributed by atoms with E-state index >= 15 is 0 Å². The second-order valence-corrected chi connectivity index (χ2v) is 6.22. The fourth-order valence-electron chi connectivity index (χ4n) is 2.53. The van der Waals surface area contributed by atoms with E-state index in [1.165, 1.54) is 0 Å². The molecule has 0 aromatic heterocycles. The Kier molecular flexibility index (Phi) is 6.17. The first-order chi connectivity index (χ1) is 11.9. The third kappa shape index (κ3) is 5.08. The van der Waals surface area contributed by atoms with Crippen LogP contribution in [-0.4, -0.2) is 42.3 Å². The van der Waals surface area contributed by atoms with Crippen molar-refractivity contribution in [3.05, 3.63) is 65.2 Å². The normalized spacial score (nSPS) is 10.4. The van der Waals surface area contributed by atoms with Crippen LogP contribution < -0.4 is 5.73 Å². The Bertz CT molecular complexity index is 722. The van der Waals surface area contributed by atoms with Crippen LogP contribution in [0, 0.1) is 0 Å². The first-order valence-corrected chi connectivity index (χ1v) is 8.33. The molecule has 0 unspecified atom stereocenters. The van der Waals surface area contributed by atoms with E-state index < -0.39 is 0 Å². The molecule has 0 aliphatic carbocycles. The molecule has 0 fully saturated rings. The summed E-state index contributed by atoms with van der Waals surface area (Å²) < 4.78 is 0. The number of hydrogen-bond acceptors (Lipinski definition) is 3. The fourth-order valence-corrected chi connectivity index (χ4v) is 2.53. The predicted molar refractivity (Wildman–Crippen MR) is 100 cm³/mol. The van der Waals surface area contributed by atoms with Gasteiger partial charge in [-0.15, -0.1) is 0 Å². The van der Waals surface area contributed by atoms with Gasteiger partial charge in [0.15, 0.2) is 0 Å². The fraction of sp³-hybridized carbons (Fsp3) is 0.300. The van der Waals surface area contributed by atoms with Crippen molar-refractivity contribution < 1.29 is 9.59 Å². The van der Waals surface area contributed by atoms with Gasteiger partial charge in [-0.1, -0.05) is 24.3 Å². The minimum Gasteiger partial charge on any atom is -0.399 e. The van der Waals surface area contributed by atoms with E-state index in [1.54, 1.807) is 48.2 Å². The molecule has 0 heterocycles. The van der Waals surface area contributed by atoms with Crippen molar-refractivity contribution in [2.75, 3.05) is 26.4 Å². The Morgan fingerprint density at radius 2 is 1.48 bits per heavy atom. The van der Waals surface area contributed by atoms with E-state index in [9.17, 15) is 9.59 Å². The second kappa shape index (κ2) is 8.33. The molecule has 0 spiro atoms. The van der Waals surface area contributed by atoms with E-state index in [2.05, 4.69) is 0 Å². The van der Waals surface area contributed by atoms with Gasteiger partial charge in [-0.05, 0) is 42.3 Å². The van der Waals surface area contributed by atoms with Crippen LogP contribution in [-0.2, 0) is 17.8 Å². The van der Waals surface area contributed by atoms with Gasteiger partial charge in [0.25, 0.3) is 5.91 Å². The first-order valence-electron chi connectivity index (χ1n) is 8.33. The molecule has 2 rings (SSSR count). The predicted octanol–water partition coefficient (Wildman–Crippen LogP) is 2.56. The summed E-state index contributed by atoms with van der Waals surface area (Å²) >= 11 is 0. The van der Waals surface area contributed by atoms with Crippen molar-refractivity contribution in [2.24, 2.45) is 0 Å². The number of benzene rings is 2. The van der Waals surface area contributed by atoms with Crippen molar-refractivity contribution in [2.45, 2.75) is 19.9 Å². The first kappa shape index (κ1) is 18.5. The number of carbonyl (C=O) groups excluding carboxylic acids is 2. The van der Waals surface area contributed by atoms with Crippen molar-refractivity contribution >= 4 is 17.5 Å². The van der Waals surface area contributed by atoms with Gasteiger partial charge in [0.05, 0.1) is 6.42 Å². The molecule has 0 bridgehead atoms. The van der Waals surface area contributed by atoms with Crippen molar-refractivity contribution in [1.29, 1.82) is 0 Å². The zero-order valence-electron chi connectivity index (χ0n) is 15.0. The molecular formula is C20H25N3O2. The average Bonchev–Trinajstić information content (AvgIpc) is 2.61. The van der Waals surface area contributed by atoms with E-state index in [0.717, 1.165) is 11.1 Å². The standard InChI is InChI=1S/C20H25N3O2/c1-4-23(19(24)13-15-7-11-18(21)12-8-15)14-16-5-9-17(10-6-16)20(25)22(2)3/h5-12H,4,13-14,21H2,1-3H3. The van der Waals surface area contributed by atoms with Crippen LogP contribution in [0.3, 0.4) is 0 Å². The van der Waals surface area contributed by atoms with Crippen molar-refractivity contribution in [3.63, 3.8) is 0 Å². The molecule has 5 nitrogen and oxygen atoms in total. The summed E-state index contributed by atoms with van der Waals surface area (Å²) in [4.78, 5) is 27.8. The number of anilines is 1. The lowest BCUT2D eigenvalue weighted by atomic mass is 10.1. The van der Waals surface area contributed by atoms with Crippen LogP contribution >= 0.6 is 0 Å². The quantitative estimate of drug-likeness (QED) is 0.823. The largest absolute Gasteiger partial charge is 0.399 e. The molecule has 0 aliphatic heterocycles. The Hall–Kier alpha value is -2.82. The maximum atomic E-state index is 12.5. The minimum absolute atomic E-state index is 0.0293. The van der Waals surface area contributed by atoms with Gasteiger partial charge in [0, 0.05) is 38.4 Å². The van der Waals surface area contributed by atoms with Crippen LogP contribution in [0.25, 0.3) is 0 Å². The summed E-state index contributed by atoms with van der Waals surface area (Å²) in [6.45, 7) is 3.12. The lowest BCUT2D eigenvalue weighted by Crippen LogP contribution is -2.31. The van der Waals surface area contributed by atoms with E-state index in [1.807, 2.05) is 31.2 Å². The summed E-state index contributed by atoms with van der Waals surface area (Å²) in [6, 6.07) is 14.8. The number of nitrogens with zero attached hydrogens (tertiary/aromatic N) is 2. The topological polar surface area (TPSA) is 66.6 Å². The molecule has 0 atom stereocenters. The Labute approximate surface area is 149 Å². The number of nitrogen functional groups attached to an aromatic ring is 1. The third-order valence-corrected chi connectivity index (χ3v) is 4.05. The Morgan fingerprint density at radius 1 is 0.920 bits per heavy atom. The molecule has 0 aliphatic rings. The van der Waals surface area contributed by atoms with Crippen LogP contribution in [0.2, 0.25) is 0 Å². The molecular weight excluding hydrogens is 314 g/mol. The SMILES string of the molecule is CCN(Cc1ccc(C(=O)N(C)C)cc1)C(=O)Cc1ccc(N)cc1. The van der Waals surface area contributed by atoms with Gasteiger partial charge < -0.3 is 15.5 Å². The number of likely N-dealkylation sites (N-methyl/N-ethyl adjacent to an activating group) is 1. The zero-order valence-corrected chi connectivity index (χ0v) is 15.0. The summed E-state index contributed by atoms with van der Waals surface area (Å²) in [5.41, 5.74) is 8.96. The lowest BCUT2D eigenvalue weighted by Gasteiger charge is -2.21. The molecule has 0 saturated carbocycles. The van der Waals surface area contributed by atoms with Crippen LogP contribution in [0.5, 0.6) is 0 Å². The summed E-state index contributed by atoms with van der Waals surface area (Å²) in [5, 5.41) is 0. The zero-order chi connectivity index (χ0) is 18.4. The van der Waals surface area contributed by atoms with Crippen LogP contribution in [0.15, 0.2) is 48.5 Å². The van der Waals surface area contributed by atoms with Crippen molar-refractivity contribution in [1.82, 2.24) is 9.80 Å². The third-order valence-electron chi connectivity index (χ3n) is 4.05. The van der Waals surface area contributed by atoms with Gasteiger partial charge in [-0.25, -0.2) is 0 Å². The maximum absolute atomic E-state index is 12.5.